The van der Waals surface area contributed by atoms with Gasteiger partial charge in [0.05, 0.1) is 7.11 Å². The summed E-state index contributed by atoms with van der Waals surface area (Å²) in [5.41, 5.74) is 6.26. The van der Waals surface area contributed by atoms with Crippen LogP contribution >= 0.6 is 23.1 Å². The molecule has 9 nitrogen and oxygen atoms in total. The zero-order valence-corrected chi connectivity index (χ0v) is 32.9. The molecule has 56 heavy (non-hydrogen) atoms. The number of carbonyl (C=O) groups is 4. The summed E-state index contributed by atoms with van der Waals surface area (Å²) in [5, 5.41) is 10.2. The Morgan fingerprint density at radius 1 is 0.786 bits per heavy atom. The molecule has 3 amide bonds. The number of hydrogen-bond acceptors (Lipinski definition) is 8. The van der Waals surface area contributed by atoms with Crippen molar-refractivity contribution < 1.29 is 23.9 Å². The van der Waals surface area contributed by atoms with Crippen molar-refractivity contribution in [1.29, 1.82) is 0 Å². The highest BCUT2D eigenvalue weighted by atomic mass is 32.2. The van der Waals surface area contributed by atoms with Crippen LogP contribution in [0.25, 0.3) is 17.2 Å². The van der Waals surface area contributed by atoms with Crippen LogP contribution in [-0.2, 0) is 14.3 Å². The molecule has 0 aliphatic carbocycles. The van der Waals surface area contributed by atoms with Crippen molar-refractivity contribution in [3.63, 3.8) is 0 Å². The summed E-state index contributed by atoms with van der Waals surface area (Å²) in [5.74, 6) is -1.84. The van der Waals surface area contributed by atoms with E-state index in [1.165, 1.54) is 30.2 Å². The molecule has 1 unspecified atom stereocenters. The minimum Gasteiger partial charge on any atom is -0.465 e. The van der Waals surface area contributed by atoms with E-state index in [1.807, 2.05) is 122 Å². The van der Waals surface area contributed by atoms with Gasteiger partial charge in [-0.1, -0.05) is 96.6 Å². The number of anilines is 3. The van der Waals surface area contributed by atoms with E-state index in [2.05, 4.69) is 16.0 Å². The van der Waals surface area contributed by atoms with E-state index in [0.717, 1.165) is 27.9 Å². The highest BCUT2D eigenvalue weighted by Crippen LogP contribution is 2.40. The third-order valence-electron chi connectivity index (χ3n) is 8.72. The summed E-state index contributed by atoms with van der Waals surface area (Å²) >= 11 is 2.55. The Balaban J connectivity index is 1.25. The fourth-order valence-corrected chi connectivity index (χ4v) is 7.78. The van der Waals surface area contributed by atoms with Crippen LogP contribution in [0.15, 0.2) is 149 Å². The average molecular weight is 781 g/mol. The van der Waals surface area contributed by atoms with E-state index in [9.17, 15) is 19.2 Å². The maximum Gasteiger partial charge on any atom is 0.341 e. The molecular weight excluding hydrogens is 741 g/mol. The first-order chi connectivity index (χ1) is 27.1. The number of carbonyl (C=O) groups excluding carboxylic acids is 4. The summed E-state index contributed by atoms with van der Waals surface area (Å²) in [7, 11) is 5.20. The molecule has 0 spiro atoms. The van der Waals surface area contributed by atoms with Crippen molar-refractivity contribution in [3.05, 3.63) is 172 Å². The van der Waals surface area contributed by atoms with Crippen molar-refractivity contribution >= 4 is 69.2 Å². The molecule has 0 aliphatic rings. The molecule has 3 N–H and O–H groups in total. The van der Waals surface area contributed by atoms with E-state index >= 15 is 0 Å². The van der Waals surface area contributed by atoms with Crippen molar-refractivity contribution in [2.24, 2.45) is 0 Å². The zero-order chi connectivity index (χ0) is 39.6. The lowest BCUT2D eigenvalue weighted by atomic mass is 10.0. The molecule has 5 aromatic carbocycles. The molecule has 0 fully saturated rings. The molecule has 11 heteroatoms. The van der Waals surface area contributed by atoms with Gasteiger partial charge in [0.15, 0.2) is 0 Å². The van der Waals surface area contributed by atoms with E-state index in [1.54, 1.807) is 48.5 Å². The number of nitrogens with zero attached hydrogens (tertiary/aromatic N) is 1. The van der Waals surface area contributed by atoms with Crippen LogP contribution in [-0.4, -0.2) is 44.9 Å². The minimum atomic E-state index is -0.733. The average Bonchev–Trinajstić information content (AvgIpc) is 3.63. The minimum absolute atomic E-state index is 0.0541. The van der Waals surface area contributed by atoms with Gasteiger partial charge in [-0.25, -0.2) is 4.79 Å². The standard InChI is InChI=1S/C45H40N4O5S2/c1-29-18-22-31(23-19-29)37-28-55-44(39(37)45(53)54-4)48-43(52)40(32-12-7-5-8-13-32)56-36-17-11-16-34(27-36)46-42(51)38(47-41(50)33-14-9-6-10-15-33)26-30-20-24-35(25-21-30)49(2)3/h5-28,40H,1-4H3,(H,46,51)(H,47,50)(H,48,52)/b38-26+. The SMILES string of the molecule is COC(=O)c1c(-c2ccc(C)cc2)csc1NC(=O)C(Sc1cccc(NC(=O)/C(=C\c2ccc(N(C)C)cc2)NC(=O)c2ccccc2)c1)c1ccccc1. The van der Waals surface area contributed by atoms with Crippen molar-refractivity contribution in [2.75, 3.05) is 36.7 Å². The molecule has 0 saturated carbocycles. The van der Waals surface area contributed by atoms with Crippen molar-refractivity contribution in [1.82, 2.24) is 5.32 Å². The van der Waals surface area contributed by atoms with Crippen LogP contribution in [0.2, 0.25) is 0 Å². The van der Waals surface area contributed by atoms with Gasteiger partial charge >= 0.3 is 5.97 Å². The smallest absolute Gasteiger partial charge is 0.341 e. The van der Waals surface area contributed by atoms with Crippen LogP contribution in [0.1, 0.15) is 42.7 Å². The summed E-state index contributed by atoms with van der Waals surface area (Å²) in [6, 6.07) is 40.6. The van der Waals surface area contributed by atoms with E-state index in [0.29, 0.717) is 26.7 Å². The Labute approximate surface area is 334 Å². The van der Waals surface area contributed by atoms with Crippen molar-refractivity contribution in [3.8, 4) is 11.1 Å². The Kier molecular flexibility index (Phi) is 12.8. The maximum atomic E-state index is 14.2. The van der Waals surface area contributed by atoms with E-state index in [4.69, 9.17) is 4.74 Å². The summed E-state index contributed by atoms with van der Waals surface area (Å²) in [6.45, 7) is 1.99. The number of amides is 3. The monoisotopic (exact) mass is 780 g/mol. The van der Waals surface area contributed by atoms with Gasteiger partial charge < -0.3 is 25.6 Å². The number of hydrogen-bond donors (Lipinski definition) is 3. The Morgan fingerprint density at radius 3 is 2.12 bits per heavy atom. The first-order valence-corrected chi connectivity index (χ1v) is 19.4. The topological polar surface area (TPSA) is 117 Å². The number of aryl methyl sites for hydroxylation is 1. The van der Waals surface area contributed by atoms with Crippen LogP contribution in [0.4, 0.5) is 16.4 Å². The number of nitrogens with one attached hydrogen (secondary N) is 3. The largest absolute Gasteiger partial charge is 0.465 e. The van der Waals surface area contributed by atoms with E-state index in [-0.39, 0.29) is 17.2 Å². The second-order valence-corrected chi connectivity index (χ2v) is 15.0. The number of ether oxygens (including phenoxy) is 1. The third-order valence-corrected chi connectivity index (χ3v) is 10.9. The number of esters is 1. The summed E-state index contributed by atoms with van der Waals surface area (Å²) in [6.07, 6.45) is 1.63. The van der Waals surface area contributed by atoms with Gasteiger partial charge in [0, 0.05) is 46.9 Å². The molecule has 1 heterocycles. The molecule has 0 aliphatic heterocycles. The molecule has 1 atom stereocenters. The highest BCUT2D eigenvalue weighted by Gasteiger charge is 2.27. The number of benzene rings is 5. The number of thioether (sulfide) groups is 1. The Bertz CT molecular complexity index is 2360. The molecule has 0 saturated heterocycles. The second kappa shape index (κ2) is 18.3. The van der Waals surface area contributed by atoms with Crippen LogP contribution in [0.5, 0.6) is 0 Å². The predicted octanol–water partition coefficient (Wildman–Crippen LogP) is 9.46. The van der Waals surface area contributed by atoms with Gasteiger partial charge in [0.1, 0.15) is 21.5 Å². The van der Waals surface area contributed by atoms with Crippen LogP contribution < -0.4 is 20.9 Å². The molecular formula is C45H40N4O5S2. The fourth-order valence-electron chi connectivity index (χ4n) is 5.74. The highest BCUT2D eigenvalue weighted by molar-refractivity contribution is 8.00. The van der Waals surface area contributed by atoms with Gasteiger partial charge in [-0.15, -0.1) is 23.1 Å². The Morgan fingerprint density at radius 2 is 1.46 bits per heavy atom. The van der Waals surface area contributed by atoms with Gasteiger partial charge in [0.2, 0.25) is 5.91 Å². The van der Waals surface area contributed by atoms with Crippen LogP contribution in [0.3, 0.4) is 0 Å². The maximum absolute atomic E-state index is 14.2. The fraction of sp³-hybridized carbons (Fsp3) is 0.111. The third kappa shape index (κ3) is 9.81. The zero-order valence-electron chi connectivity index (χ0n) is 31.2. The number of methoxy groups -OCH3 is 1. The summed E-state index contributed by atoms with van der Waals surface area (Å²) in [4.78, 5) is 57.0. The number of rotatable bonds is 13. The van der Waals surface area contributed by atoms with Crippen LogP contribution in [0, 0.1) is 6.92 Å². The summed E-state index contributed by atoms with van der Waals surface area (Å²) < 4.78 is 5.14. The van der Waals surface area contributed by atoms with Gasteiger partial charge in [-0.3, -0.25) is 14.4 Å². The van der Waals surface area contributed by atoms with E-state index < -0.39 is 23.0 Å². The first-order valence-electron chi connectivity index (χ1n) is 17.7. The molecule has 282 valence electrons. The molecule has 6 aromatic rings. The lowest BCUT2D eigenvalue weighted by molar-refractivity contribution is -0.116. The van der Waals surface area contributed by atoms with Gasteiger partial charge in [0.25, 0.3) is 11.8 Å². The molecule has 6 rings (SSSR count). The normalized spacial score (nSPS) is 11.6. The van der Waals surface area contributed by atoms with Gasteiger partial charge in [-0.05, 0) is 72.2 Å². The molecule has 1 aromatic heterocycles. The molecule has 0 radical (unpaired) electrons. The molecule has 0 bridgehead atoms. The quantitative estimate of drug-likeness (QED) is 0.0608. The van der Waals surface area contributed by atoms with Crippen molar-refractivity contribution in [2.45, 2.75) is 17.1 Å². The predicted molar refractivity (Wildman–Crippen MR) is 227 cm³/mol. The van der Waals surface area contributed by atoms with Gasteiger partial charge in [-0.2, -0.15) is 0 Å². The lowest BCUT2D eigenvalue weighted by Crippen LogP contribution is -2.30. The number of thiophene rings is 1. The Hall–Kier alpha value is -6.43. The first kappa shape index (κ1) is 39.3. The lowest BCUT2D eigenvalue weighted by Gasteiger charge is -2.18. The second-order valence-electron chi connectivity index (χ2n) is 13.0.